The molecule has 0 spiro atoms. The normalized spacial score (nSPS) is 18.4. The Morgan fingerprint density at radius 3 is 2.58 bits per heavy atom. The van der Waals surface area contributed by atoms with Gasteiger partial charge in [0.05, 0.1) is 5.56 Å². The Bertz CT molecular complexity index is 1090. The zero-order valence-corrected chi connectivity index (χ0v) is 18.3. The van der Waals surface area contributed by atoms with Crippen molar-refractivity contribution >= 4 is 22.9 Å². The molecule has 5 heteroatoms. The lowest BCUT2D eigenvalue weighted by Crippen LogP contribution is -2.30. The van der Waals surface area contributed by atoms with E-state index in [1.165, 1.54) is 0 Å². The summed E-state index contributed by atoms with van der Waals surface area (Å²) in [6.07, 6.45) is 4.55. The van der Waals surface area contributed by atoms with E-state index < -0.39 is 5.97 Å². The number of aliphatic imine (C=N–C) groups is 1. The minimum absolute atomic E-state index is 0.188. The van der Waals surface area contributed by atoms with Crippen LogP contribution in [0.5, 0.6) is 5.75 Å². The van der Waals surface area contributed by atoms with E-state index in [2.05, 4.69) is 41.9 Å². The first kappa shape index (κ1) is 20.9. The van der Waals surface area contributed by atoms with Crippen LogP contribution in [0.1, 0.15) is 48.7 Å². The van der Waals surface area contributed by atoms with Gasteiger partial charge in [-0.1, -0.05) is 24.3 Å². The van der Waals surface area contributed by atoms with Gasteiger partial charge in [0.2, 0.25) is 0 Å². The fourth-order valence-electron chi connectivity index (χ4n) is 4.43. The second-order valence-corrected chi connectivity index (χ2v) is 7.64. The highest BCUT2D eigenvalue weighted by molar-refractivity contribution is 6.03. The summed E-state index contributed by atoms with van der Waals surface area (Å²) in [5, 5.41) is 9.84. The van der Waals surface area contributed by atoms with Crippen LogP contribution in [0, 0.1) is 0 Å². The molecular formula is C26H28N2O3. The summed E-state index contributed by atoms with van der Waals surface area (Å²) in [4.78, 5) is 18.8. The van der Waals surface area contributed by atoms with Crippen LogP contribution in [-0.2, 0) is 0 Å². The molecule has 0 saturated carbocycles. The summed E-state index contributed by atoms with van der Waals surface area (Å²) < 4.78 is 6.48. The van der Waals surface area contributed by atoms with E-state index in [-0.39, 0.29) is 6.10 Å². The summed E-state index contributed by atoms with van der Waals surface area (Å²) in [7, 11) is 0. The average molecular weight is 417 g/mol. The van der Waals surface area contributed by atoms with E-state index in [1.54, 1.807) is 12.1 Å². The van der Waals surface area contributed by atoms with Crippen LogP contribution in [0.4, 0.5) is 5.69 Å². The fraction of sp³-hybridized carbons (Fsp3) is 0.308. The number of rotatable bonds is 6. The number of nitrogens with zero attached hydrogens (tertiary/aromatic N) is 2. The van der Waals surface area contributed by atoms with Crippen molar-refractivity contribution in [2.45, 2.75) is 33.3 Å². The van der Waals surface area contributed by atoms with Crippen molar-refractivity contribution in [1.82, 2.24) is 0 Å². The van der Waals surface area contributed by atoms with E-state index in [9.17, 15) is 9.90 Å². The highest BCUT2D eigenvalue weighted by atomic mass is 16.5. The molecule has 160 valence electrons. The lowest BCUT2D eigenvalue weighted by Gasteiger charge is -2.34. The molecule has 2 aliphatic rings. The molecule has 0 amide bonds. The summed E-state index contributed by atoms with van der Waals surface area (Å²) in [6.45, 7) is 8.83. The van der Waals surface area contributed by atoms with E-state index in [0.717, 1.165) is 59.1 Å². The number of hydrogen-bond acceptors (Lipinski definition) is 4. The van der Waals surface area contributed by atoms with Crippen LogP contribution >= 0.6 is 0 Å². The molecule has 2 aromatic carbocycles. The Balaban J connectivity index is 1.94. The van der Waals surface area contributed by atoms with Crippen LogP contribution in [0.2, 0.25) is 0 Å². The Labute approximate surface area is 183 Å². The van der Waals surface area contributed by atoms with Crippen LogP contribution in [0.25, 0.3) is 5.57 Å². The van der Waals surface area contributed by atoms with Crippen LogP contribution < -0.4 is 9.64 Å². The predicted molar refractivity (Wildman–Crippen MR) is 126 cm³/mol. The number of carboxylic acid groups (broad SMARTS) is 1. The van der Waals surface area contributed by atoms with Gasteiger partial charge in [0.15, 0.2) is 0 Å². The van der Waals surface area contributed by atoms with Crippen molar-refractivity contribution in [3.8, 4) is 5.75 Å². The molecule has 0 radical (unpaired) electrons. The van der Waals surface area contributed by atoms with Gasteiger partial charge < -0.3 is 14.7 Å². The van der Waals surface area contributed by atoms with Crippen molar-refractivity contribution in [2.24, 2.45) is 4.99 Å². The monoisotopic (exact) mass is 416 g/mol. The van der Waals surface area contributed by atoms with Crippen molar-refractivity contribution in [3.63, 3.8) is 0 Å². The number of fused-ring (bicyclic) bond motifs is 2. The highest BCUT2D eigenvalue weighted by Crippen LogP contribution is 2.44. The van der Waals surface area contributed by atoms with Crippen molar-refractivity contribution in [2.75, 3.05) is 24.5 Å². The Morgan fingerprint density at radius 1 is 1.10 bits per heavy atom. The molecule has 0 aromatic heterocycles. The Hall–Kier alpha value is -3.34. The van der Waals surface area contributed by atoms with Crippen LogP contribution in [-0.4, -0.2) is 42.5 Å². The zero-order valence-electron chi connectivity index (χ0n) is 18.3. The molecule has 31 heavy (non-hydrogen) atoms. The molecule has 2 aromatic rings. The maximum Gasteiger partial charge on any atom is 0.336 e. The molecule has 1 aliphatic carbocycles. The van der Waals surface area contributed by atoms with Gasteiger partial charge in [-0.2, -0.15) is 0 Å². The molecule has 5 nitrogen and oxygen atoms in total. The Kier molecular flexibility index (Phi) is 5.94. The van der Waals surface area contributed by atoms with Gasteiger partial charge in [-0.3, -0.25) is 4.99 Å². The van der Waals surface area contributed by atoms with Gasteiger partial charge in [-0.05, 0) is 50.6 Å². The van der Waals surface area contributed by atoms with Gasteiger partial charge >= 0.3 is 5.97 Å². The molecule has 1 aliphatic heterocycles. The minimum atomic E-state index is -0.930. The smallest absolute Gasteiger partial charge is 0.336 e. The highest BCUT2D eigenvalue weighted by Gasteiger charge is 2.32. The maximum atomic E-state index is 12.0. The van der Waals surface area contributed by atoms with Crippen LogP contribution in [0.15, 0.2) is 65.2 Å². The first-order valence-electron chi connectivity index (χ1n) is 10.9. The number of ether oxygens (including phenoxy) is 1. The number of benzene rings is 2. The van der Waals surface area contributed by atoms with Crippen LogP contribution in [0.3, 0.4) is 0 Å². The van der Waals surface area contributed by atoms with Gasteiger partial charge in [0.1, 0.15) is 11.9 Å². The molecule has 1 heterocycles. The first-order valence-corrected chi connectivity index (χ1v) is 10.9. The van der Waals surface area contributed by atoms with E-state index in [1.807, 2.05) is 31.2 Å². The fourth-order valence-corrected chi connectivity index (χ4v) is 4.43. The molecule has 0 saturated heterocycles. The molecule has 1 atom stereocenters. The number of anilines is 1. The minimum Gasteiger partial charge on any atom is -0.485 e. The number of aromatic carboxylic acids is 1. The largest absolute Gasteiger partial charge is 0.485 e. The number of carbonyl (C=O) groups is 1. The molecule has 0 bridgehead atoms. The summed E-state index contributed by atoms with van der Waals surface area (Å²) in [5.41, 5.74) is 5.99. The predicted octanol–water partition coefficient (Wildman–Crippen LogP) is 5.21. The maximum absolute atomic E-state index is 12.0. The molecule has 4 rings (SSSR count). The lowest BCUT2D eigenvalue weighted by molar-refractivity contribution is 0.0696. The Morgan fingerprint density at radius 2 is 1.87 bits per heavy atom. The molecular weight excluding hydrogens is 388 g/mol. The third-order valence-electron chi connectivity index (χ3n) is 5.91. The average Bonchev–Trinajstić information content (AvgIpc) is 2.78. The SMILES string of the molecule is CCN=C1C=CC2=C(c3ccccc3C(=O)O)c3ccc(N(CC)CC)cc3OC2C1. The quantitative estimate of drug-likeness (QED) is 0.702. The second-order valence-electron chi connectivity index (χ2n) is 7.64. The van der Waals surface area contributed by atoms with E-state index >= 15 is 0 Å². The summed E-state index contributed by atoms with van der Waals surface area (Å²) in [6, 6.07) is 13.4. The standard InChI is InChI=1S/C26H28N2O3/c1-4-27-17-11-13-21-23(15-17)31-24-16-18(28(5-2)6-3)12-14-22(24)25(21)19-9-7-8-10-20(19)26(29)30/h7-14,16,23H,4-6,15H2,1-3H3,(H,29,30). The molecule has 1 unspecified atom stereocenters. The van der Waals surface area contributed by atoms with Crippen molar-refractivity contribution < 1.29 is 14.6 Å². The third-order valence-corrected chi connectivity index (χ3v) is 5.91. The van der Waals surface area contributed by atoms with E-state index in [4.69, 9.17) is 4.74 Å². The number of carboxylic acids is 1. The third kappa shape index (κ3) is 3.88. The van der Waals surface area contributed by atoms with Crippen molar-refractivity contribution in [1.29, 1.82) is 0 Å². The van der Waals surface area contributed by atoms with Gasteiger partial charge in [0.25, 0.3) is 0 Å². The summed E-state index contributed by atoms with van der Waals surface area (Å²) >= 11 is 0. The first-order chi connectivity index (χ1) is 15.1. The molecule has 0 fully saturated rings. The lowest BCUT2D eigenvalue weighted by atomic mass is 9.82. The molecule has 1 N–H and O–H groups in total. The van der Waals surface area contributed by atoms with Gasteiger partial charge in [-0.15, -0.1) is 0 Å². The van der Waals surface area contributed by atoms with Crippen molar-refractivity contribution in [3.05, 3.63) is 76.9 Å². The summed E-state index contributed by atoms with van der Waals surface area (Å²) in [5.74, 6) is -0.138. The second kappa shape index (κ2) is 8.80. The van der Waals surface area contributed by atoms with Gasteiger partial charge in [-0.25, -0.2) is 4.79 Å². The zero-order chi connectivity index (χ0) is 22.0. The van der Waals surface area contributed by atoms with Gasteiger partial charge in [0, 0.05) is 60.2 Å². The van der Waals surface area contributed by atoms with E-state index in [0.29, 0.717) is 12.0 Å². The number of hydrogen-bond donors (Lipinski definition) is 1. The topological polar surface area (TPSA) is 62.1 Å². The number of allylic oxidation sites excluding steroid dienone is 1.